The molecule has 0 bridgehead atoms. The van der Waals surface area contributed by atoms with Crippen LogP contribution in [0.1, 0.15) is 28.1 Å². The van der Waals surface area contributed by atoms with Crippen LogP contribution in [0.3, 0.4) is 0 Å². The largest absolute Gasteiger partial charge is 0.483 e. The van der Waals surface area contributed by atoms with Crippen LogP contribution in [0.15, 0.2) is 24.3 Å². The SMILES string of the molecule is CNCCCc1nnc(C2Cc3ccccc3O2)s1. The standard InChI is InChI=1S/C14H17N3OS/c1-15-8-4-7-13-16-17-14(19-13)12-9-10-5-2-3-6-11(10)18-12/h2-3,5-6,12,15H,4,7-9H2,1H3. The van der Waals surface area contributed by atoms with Gasteiger partial charge in [0.2, 0.25) is 0 Å². The topological polar surface area (TPSA) is 47.0 Å². The summed E-state index contributed by atoms with van der Waals surface area (Å²) in [6.07, 6.45) is 3.03. The van der Waals surface area contributed by atoms with Gasteiger partial charge in [-0.25, -0.2) is 0 Å². The van der Waals surface area contributed by atoms with Crippen molar-refractivity contribution < 1.29 is 4.74 Å². The highest BCUT2D eigenvalue weighted by Crippen LogP contribution is 2.37. The fourth-order valence-corrected chi connectivity index (χ4v) is 3.15. The van der Waals surface area contributed by atoms with E-state index in [0.717, 1.165) is 41.6 Å². The van der Waals surface area contributed by atoms with Crippen LogP contribution in [0.2, 0.25) is 0 Å². The second-order valence-corrected chi connectivity index (χ2v) is 5.75. The minimum absolute atomic E-state index is 0.0490. The Morgan fingerprint density at radius 1 is 1.37 bits per heavy atom. The summed E-state index contributed by atoms with van der Waals surface area (Å²) in [6.45, 7) is 1.01. The molecule has 0 saturated heterocycles. The minimum atomic E-state index is 0.0490. The predicted octanol–water partition coefficient (Wildman–Crippen LogP) is 2.37. The van der Waals surface area contributed by atoms with Crippen molar-refractivity contribution in [2.75, 3.05) is 13.6 Å². The molecule has 1 aliphatic rings. The van der Waals surface area contributed by atoms with E-state index in [1.165, 1.54) is 5.56 Å². The Balaban J connectivity index is 1.65. The molecule has 4 nitrogen and oxygen atoms in total. The van der Waals surface area contributed by atoms with Crippen LogP contribution >= 0.6 is 11.3 Å². The van der Waals surface area contributed by atoms with Gasteiger partial charge in [-0.3, -0.25) is 0 Å². The van der Waals surface area contributed by atoms with Crippen LogP contribution in [0.4, 0.5) is 0 Å². The molecule has 0 amide bonds. The summed E-state index contributed by atoms with van der Waals surface area (Å²) < 4.78 is 5.93. The van der Waals surface area contributed by atoms with E-state index in [0.29, 0.717) is 0 Å². The van der Waals surface area contributed by atoms with Crippen LogP contribution in [0.5, 0.6) is 5.75 Å². The maximum atomic E-state index is 5.93. The van der Waals surface area contributed by atoms with Crippen molar-refractivity contribution in [2.45, 2.75) is 25.4 Å². The number of nitrogens with one attached hydrogen (secondary N) is 1. The molecule has 0 saturated carbocycles. The number of hydrogen-bond acceptors (Lipinski definition) is 5. The van der Waals surface area contributed by atoms with Gasteiger partial charge in [-0.2, -0.15) is 0 Å². The first-order valence-electron chi connectivity index (χ1n) is 6.58. The highest BCUT2D eigenvalue weighted by Gasteiger charge is 2.26. The summed E-state index contributed by atoms with van der Waals surface area (Å²) >= 11 is 1.68. The zero-order valence-corrected chi connectivity index (χ0v) is 11.7. The van der Waals surface area contributed by atoms with E-state index >= 15 is 0 Å². The van der Waals surface area contributed by atoms with Crippen molar-refractivity contribution in [2.24, 2.45) is 0 Å². The van der Waals surface area contributed by atoms with Crippen LogP contribution in [-0.4, -0.2) is 23.8 Å². The fourth-order valence-electron chi connectivity index (χ4n) is 2.23. The molecule has 0 spiro atoms. The Kier molecular flexibility index (Phi) is 3.75. The van der Waals surface area contributed by atoms with Gasteiger partial charge in [0, 0.05) is 12.8 Å². The number of fused-ring (bicyclic) bond motifs is 1. The number of ether oxygens (including phenoxy) is 1. The molecule has 19 heavy (non-hydrogen) atoms. The molecule has 1 unspecified atom stereocenters. The molecule has 1 N–H and O–H groups in total. The van der Waals surface area contributed by atoms with Crippen LogP contribution in [0, 0.1) is 0 Å². The van der Waals surface area contributed by atoms with Gasteiger partial charge in [0.1, 0.15) is 10.8 Å². The highest BCUT2D eigenvalue weighted by atomic mass is 32.1. The third-order valence-electron chi connectivity index (χ3n) is 3.22. The van der Waals surface area contributed by atoms with Gasteiger partial charge in [0.15, 0.2) is 11.1 Å². The molecular weight excluding hydrogens is 258 g/mol. The highest BCUT2D eigenvalue weighted by molar-refractivity contribution is 7.11. The van der Waals surface area contributed by atoms with Crippen molar-refractivity contribution in [3.63, 3.8) is 0 Å². The molecule has 2 aromatic rings. The Labute approximate surface area is 116 Å². The molecule has 0 radical (unpaired) electrons. The third-order valence-corrected chi connectivity index (χ3v) is 4.30. The summed E-state index contributed by atoms with van der Waals surface area (Å²) in [5, 5.41) is 13.8. The fraction of sp³-hybridized carbons (Fsp3) is 0.429. The molecule has 100 valence electrons. The van der Waals surface area contributed by atoms with Gasteiger partial charge in [-0.1, -0.05) is 29.5 Å². The van der Waals surface area contributed by atoms with Crippen LogP contribution < -0.4 is 10.1 Å². The molecular formula is C14H17N3OS. The quantitative estimate of drug-likeness (QED) is 0.851. The van der Waals surface area contributed by atoms with Gasteiger partial charge in [0.05, 0.1) is 0 Å². The van der Waals surface area contributed by atoms with Gasteiger partial charge in [-0.05, 0) is 31.6 Å². The number of rotatable bonds is 5. The van der Waals surface area contributed by atoms with Crippen LogP contribution in [-0.2, 0) is 12.8 Å². The first kappa shape index (κ1) is 12.6. The smallest absolute Gasteiger partial charge is 0.158 e. The lowest BCUT2D eigenvalue weighted by Crippen LogP contribution is -2.08. The predicted molar refractivity (Wildman–Crippen MR) is 75.7 cm³/mol. The average molecular weight is 275 g/mol. The molecule has 1 aromatic heterocycles. The molecule has 2 heterocycles. The molecule has 0 aliphatic carbocycles. The monoisotopic (exact) mass is 275 g/mol. The first-order valence-corrected chi connectivity index (χ1v) is 7.40. The van der Waals surface area contributed by atoms with Crippen molar-refractivity contribution in [1.29, 1.82) is 0 Å². The minimum Gasteiger partial charge on any atom is -0.483 e. The lowest BCUT2D eigenvalue weighted by molar-refractivity contribution is 0.237. The van der Waals surface area contributed by atoms with Crippen LogP contribution in [0.25, 0.3) is 0 Å². The molecule has 3 rings (SSSR count). The van der Waals surface area contributed by atoms with Gasteiger partial charge in [0.25, 0.3) is 0 Å². The second kappa shape index (κ2) is 5.67. The molecule has 5 heteroatoms. The Morgan fingerprint density at radius 2 is 2.26 bits per heavy atom. The number of aryl methyl sites for hydroxylation is 1. The lowest BCUT2D eigenvalue weighted by Gasteiger charge is -2.05. The Hall–Kier alpha value is -1.46. The number of para-hydroxylation sites is 1. The third kappa shape index (κ3) is 2.77. The van der Waals surface area contributed by atoms with E-state index in [9.17, 15) is 0 Å². The van der Waals surface area contributed by atoms with E-state index in [1.54, 1.807) is 11.3 Å². The summed E-state index contributed by atoms with van der Waals surface area (Å²) in [6, 6.07) is 8.19. The van der Waals surface area contributed by atoms with Crippen molar-refractivity contribution in [1.82, 2.24) is 15.5 Å². The lowest BCUT2D eigenvalue weighted by atomic mass is 10.1. The number of hydrogen-bond donors (Lipinski definition) is 1. The van der Waals surface area contributed by atoms with Crippen molar-refractivity contribution in [3.05, 3.63) is 39.8 Å². The zero-order valence-electron chi connectivity index (χ0n) is 10.9. The van der Waals surface area contributed by atoms with Gasteiger partial charge < -0.3 is 10.1 Å². The summed E-state index contributed by atoms with van der Waals surface area (Å²) in [5.41, 5.74) is 1.26. The van der Waals surface area contributed by atoms with E-state index in [4.69, 9.17) is 4.74 Å². The molecule has 1 aromatic carbocycles. The molecule has 0 fully saturated rings. The van der Waals surface area contributed by atoms with E-state index in [1.807, 2.05) is 25.2 Å². The van der Waals surface area contributed by atoms with Gasteiger partial charge in [-0.15, -0.1) is 10.2 Å². The van der Waals surface area contributed by atoms with Gasteiger partial charge >= 0.3 is 0 Å². The Morgan fingerprint density at radius 3 is 3.11 bits per heavy atom. The summed E-state index contributed by atoms with van der Waals surface area (Å²) in [5.74, 6) is 0.986. The maximum absolute atomic E-state index is 5.93. The number of aromatic nitrogens is 2. The summed E-state index contributed by atoms with van der Waals surface area (Å²) in [4.78, 5) is 0. The molecule has 1 atom stereocenters. The van der Waals surface area contributed by atoms with Crippen molar-refractivity contribution >= 4 is 11.3 Å². The Bertz CT molecular complexity index is 530. The maximum Gasteiger partial charge on any atom is 0.158 e. The van der Waals surface area contributed by atoms with E-state index in [-0.39, 0.29) is 6.10 Å². The first-order chi connectivity index (χ1) is 9.36. The van der Waals surface area contributed by atoms with E-state index in [2.05, 4.69) is 21.6 Å². The second-order valence-electron chi connectivity index (χ2n) is 4.66. The summed E-state index contributed by atoms with van der Waals surface area (Å²) in [7, 11) is 1.97. The molecule has 1 aliphatic heterocycles. The average Bonchev–Trinajstić information content (AvgIpc) is 3.04. The number of nitrogens with zero attached hydrogens (tertiary/aromatic N) is 2. The normalized spacial score (nSPS) is 17.2. The zero-order chi connectivity index (χ0) is 13.1. The number of benzene rings is 1. The van der Waals surface area contributed by atoms with Crippen molar-refractivity contribution in [3.8, 4) is 5.75 Å². The van der Waals surface area contributed by atoms with E-state index < -0.39 is 0 Å².